The molecule has 228 valence electrons. The molecule has 0 bridgehead atoms. The summed E-state index contributed by atoms with van der Waals surface area (Å²) < 4.78 is 11.4. The second-order valence-electron chi connectivity index (χ2n) is 12.5. The SMILES string of the molecule is c1ccc(-c2nc(-c3ccc4c(c3)-c3cccc5c(-n6c7ccccc7c7ccccc76)ccc(c35)O4)nc3c2sc2ccccc23)cc1. The Balaban J connectivity index is 1.13. The van der Waals surface area contributed by atoms with Crippen LogP contribution in [-0.2, 0) is 0 Å². The number of thiophene rings is 1. The molecule has 0 aliphatic carbocycles. The summed E-state index contributed by atoms with van der Waals surface area (Å²) >= 11 is 1.75. The highest BCUT2D eigenvalue weighted by atomic mass is 32.1. The zero-order chi connectivity index (χ0) is 32.1. The van der Waals surface area contributed by atoms with Gasteiger partial charge in [0, 0.05) is 48.3 Å². The van der Waals surface area contributed by atoms with Crippen molar-refractivity contribution in [2.45, 2.75) is 0 Å². The highest BCUT2D eigenvalue weighted by molar-refractivity contribution is 7.26. The molecule has 10 aromatic rings. The normalized spacial score (nSPS) is 12.2. The van der Waals surface area contributed by atoms with Crippen molar-refractivity contribution >= 4 is 64.2 Å². The Morgan fingerprint density at radius 3 is 2.02 bits per heavy atom. The molecule has 1 aliphatic rings. The lowest BCUT2D eigenvalue weighted by atomic mass is 9.92. The molecule has 4 nitrogen and oxygen atoms in total. The molecule has 0 unspecified atom stereocenters. The van der Waals surface area contributed by atoms with Gasteiger partial charge in [0.15, 0.2) is 5.82 Å². The van der Waals surface area contributed by atoms with E-state index in [0.717, 1.165) is 71.5 Å². The fraction of sp³-hybridized carbons (Fsp3) is 0. The predicted molar refractivity (Wildman–Crippen MR) is 203 cm³/mol. The van der Waals surface area contributed by atoms with Crippen LogP contribution in [0.3, 0.4) is 0 Å². The topological polar surface area (TPSA) is 39.9 Å². The maximum Gasteiger partial charge on any atom is 0.160 e. The van der Waals surface area contributed by atoms with Gasteiger partial charge in [-0.3, -0.25) is 0 Å². The van der Waals surface area contributed by atoms with Crippen LogP contribution in [0, 0.1) is 0 Å². The molecule has 0 saturated carbocycles. The first-order valence-corrected chi connectivity index (χ1v) is 17.2. The van der Waals surface area contributed by atoms with Gasteiger partial charge in [0.1, 0.15) is 11.5 Å². The summed E-state index contributed by atoms with van der Waals surface area (Å²) in [6.45, 7) is 0. The number of aromatic nitrogens is 3. The van der Waals surface area contributed by atoms with E-state index in [4.69, 9.17) is 14.7 Å². The monoisotopic (exact) mass is 643 g/mol. The second kappa shape index (κ2) is 10.1. The van der Waals surface area contributed by atoms with Crippen LogP contribution in [0.25, 0.3) is 92.3 Å². The Bertz CT molecular complexity index is 2920. The van der Waals surface area contributed by atoms with Crippen LogP contribution in [0.5, 0.6) is 11.5 Å². The molecule has 0 fully saturated rings. The third-order valence-corrected chi connectivity index (χ3v) is 11.0. The lowest BCUT2D eigenvalue weighted by Crippen LogP contribution is -2.01. The van der Waals surface area contributed by atoms with E-state index in [-0.39, 0.29) is 0 Å². The average molecular weight is 644 g/mol. The Morgan fingerprint density at radius 2 is 1.20 bits per heavy atom. The molecule has 7 aromatic carbocycles. The zero-order valence-corrected chi connectivity index (χ0v) is 26.9. The smallest absolute Gasteiger partial charge is 0.160 e. The van der Waals surface area contributed by atoms with Crippen molar-refractivity contribution in [1.82, 2.24) is 14.5 Å². The molecule has 11 rings (SSSR count). The summed E-state index contributed by atoms with van der Waals surface area (Å²) in [7, 11) is 0. The molecule has 0 radical (unpaired) electrons. The molecule has 0 N–H and O–H groups in total. The molecule has 0 saturated heterocycles. The van der Waals surface area contributed by atoms with E-state index in [1.165, 1.54) is 26.5 Å². The lowest BCUT2D eigenvalue weighted by Gasteiger charge is -2.23. The first-order valence-electron chi connectivity index (χ1n) is 16.4. The standard InChI is InChI=1S/C44H25N3OS/c1-2-11-26(12-3-1)41-43-42(32-15-6-9-20-39(32)49-43)46-44(45-41)27-21-23-37-33(25-27)30-16-10-17-31-36(22-24-38(48-37)40(30)31)47-34-18-7-4-13-28(34)29-14-5-8-19-35(29)47/h1-25H. The number of para-hydroxylation sites is 2. The Hall–Kier alpha value is -6.30. The van der Waals surface area contributed by atoms with Crippen LogP contribution in [0.4, 0.5) is 0 Å². The molecule has 0 spiro atoms. The van der Waals surface area contributed by atoms with Gasteiger partial charge >= 0.3 is 0 Å². The van der Waals surface area contributed by atoms with Gasteiger partial charge in [-0.2, -0.15) is 0 Å². The van der Waals surface area contributed by atoms with Crippen molar-refractivity contribution in [2.24, 2.45) is 0 Å². The summed E-state index contributed by atoms with van der Waals surface area (Å²) in [5.41, 5.74) is 9.67. The Morgan fingerprint density at radius 1 is 0.510 bits per heavy atom. The van der Waals surface area contributed by atoms with Crippen LogP contribution in [0.2, 0.25) is 0 Å². The van der Waals surface area contributed by atoms with Gasteiger partial charge < -0.3 is 9.30 Å². The number of rotatable bonds is 3. The van der Waals surface area contributed by atoms with Gasteiger partial charge in [0.05, 0.1) is 32.6 Å². The molecular formula is C44H25N3OS. The van der Waals surface area contributed by atoms with Crippen LogP contribution in [0.1, 0.15) is 0 Å². The van der Waals surface area contributed by atoms with E-state index in [2.05, 4.69) is 150 Å². The van der Waals surface area contributed by atoms with Crippen molar-refractivity contribution < 1.29 is 4.74 Å². The molecule has 49 heavy (non-hydrogen) atoms. The van der Waals surface area contributed by atoms with Gasteiger partial charge in [-0.15, -0.1) is 11.3 Å². The summed E-state index contributed by atoms with van der Waals surface area (Å²) in [6.07, 6.45) is 0. The number of fused-ring (bicyclic) bond motifs is 8. The minimum atomic E-state index is 0.703. The second-order valence-corrected chi connectivity index (χ2v) is 13.6. The zero-order valence-electron chi connectivity index (χ0n) is 26.1. The molecule has 5 heteroatoms. The van der Waals surface area contributed by atoms with Crippen LogP contribution in [-0.4, -0.2) is 14.5 Å². The van der Waals surface area contributed by atoms with Crippen LogP contribution < -0.4 is 4.74 Å². The molecule has 0 amide bonds. The number of benzene rings is 7. The number of nitrogens with zero attached hydrogens (tertiary/aromatic N) is 3. The minimum absolute atomic E-state index is 0.703. The first-order chi connectivity index (χ1) is 24.3. The fourth-order valence-electron chi connectivity index (χ4n) is 7.64. The molecule has 0 atom stereocenters. The lowest BCUT2D eigenvalue weighted by molar-refractivity contribution is 0.487. The van der Waals surface area contributed by atoms with Gasteiger partial charge in [-0.1, -0.05) is 103 Å². The van der Waals surface area contributed by atoms with E-state index in [0.29, 0.717) is 5.82 Å². The Labute approximate surface area is 285 Å². The molecule has 1 aliphatic heterocycles. The van der Waals surface area contributed by atoms with Gasteiger partial charge in [0.25, 0.3) is 0 Å². The van der Waals surface area contributed by atoms with Crippen molar-refractivity contribution in [3.8, 4) is 51.0 Å². The van der Waals surface area contributed by atoms with Crippen molar-refractivity contribution in [3.05, 3.63) is 152 Å². The summed E-state index contributed by atoms with van der Waals surface area (Å²) in [5, 5.41) is 5.90. The molecule has 4 heterocycles. The maximum atomic E-state index is 6.65. The fourth-order valence-corrected chi connectivity index (χ4v) is 8.80. The van der Waals surface area contributed by atoms with E-state index in [1.54, 1.807) is 11.3 Å². The van der Waals surface area contributed by atoms with E-state index >= 15 is 0 Å². The van der Waals surface area contributed by atoms with E-state index < -0.39 is 0 Å². The van der Waals surface area contributed by atoms with Crippen molar-refractivity contribution in [1.29, 1.82) is 0 Å². The summed E-state index contributed by atoms with van der Waals surface area (Å²) in [5.74, 6) is 2.40. The van der Waals surface area contributed by atoms with Crippen molar-refractivity contribution in [2.75, 3.05) is 0 Å². The largest absolute Gasteiger partial charge is 0.456 e. The third kappa shape index (κ3) is 3.85. The third-order valence-electron chi connectivity index (χ3n) is 9.82. The van der Waals surface area contributed by atoms with Gasteiger partial charge in [0.2, 0.25) is 0 Å². The first kappa shape index (κ1) is 26.7. The molecule has 3 aromatic heterocycles. The van der Waals surface area contributed by atoms with Crippen molar-refractivity contribution in [3.63, 3.8) is 0 Å². The summed E-state index contributed by atoms with van der Waals surface area (Å²) in [6, 6.07) is 53.5. The number of hydrogen-bond acceptors (Lipinski definition) is 4. The number of hydrogen-bond donors (Lipinski definition) is 0. The van der Waals surface area contributed by atoms with E-state index in [9.17, 15) is 0 Å². The maximum absolute atomic E-state index is 6.65. The van der Waals surface area contributed by atoms with Gasteiger partial charge in [-0.05, 0) is 54.1 Å². The average Bonchev–Trinajstić information content (AvgIpc) is 3.71. The van der Waals surface area contributed by atoms with Crippen LogP contribution >= 0.6 is 11.3 Å². The van der Waals surface area contributed by atoms with E-state index in [1.807, 2.05) is 6.07 Å². The van der Waals surface area contributed by atoms with Gasteiger partial charge in [-0.25, -0.2) is 9.97 Å². The molecular weight excluding hydrogens is 619 g/mol. The Kier molecular flexibility index (Phi) is 5.51. The van der Waals surface area contributed by atoms with Crippen LogP contribution in [0.15, 0.2) is 152 Å². The minimum Gasteiger partial charge on any atom is -0.456 e. The highest BCUT2D eigenvalue weighted by Gasteiger charge is 2.24. The quantitative estimate of drug-likeness (QED) is 0.192. The summed E-state index contributed by atoms with van der Waals surface area (Å²) in [4.78, 5) is 10.5. The highest BCUT2D eigenvalue weighted by Crippen LogP contribution is 2.49. The number of ether oxygens (including phenoxy) is 1. The predicted octanol–water partition coefficient (Wildman–Crippen LogP) is 12.2.